The van der Waals surface area contributed by atoms with Crippen LogP contribution >= 0.6 is 0 Å². The molecule has 20 atom stereocenters. The molecule has 3 unspecified atom stereocenters. The van der Waals surface area contributed by atoms with Crippen molar-refractivity contribution in [3.8, 4) is 0 Å². The Kier molecular flexibility index (Phi) is 9.64. The van der Waals surface area contributed by atoms with Gasteiger partial charge in [0.1, 0.15) is 42.9 Å². The fourth-order valence-corrected chi connectivity index (χ4v) is 14.7. The minimum Gasteiger partial charge on any atom is -0.479 e. The largest absolute Gasteiger partial charge is 0.479 e. The first-order valence-corrected chi connectivity index (χ1v) is 20.6. The molecule has 8 rings (SSSR count). The standard InChI is InChI=1S/C41H64O14/c1-35(2)21-7-11-38(5)22(8-12-41-23-15-36(3,18-42)13-14-40(23,19-52-41)24(44)16-39(38,41)6)37(21,4)10-9-25(35)53-34-31(26(45)20(43)17-51-34)55-33-29(48)27(46)28(47)30(54-33)32(49)50/h18,20-31,33-34,43-48H,7-17,19H2,1-6H3,(H,49,50)/t20-,21?,22?,23?,24-,25+,26+,27+,28+,29-,30+,31-,33+,34+,36+,37+,38-,39+,40-,41+/m1/s1. The summed E-state index contributed by atoms with van der Waals surface area (Å²) in [5.41, 5.74) is -2.01. The predicted octanol–water partition coefficient (Wildman–Crippen LogP) is 1.91. The van der Waals surface area contributed by atoms with Gasteiger partial charge in [-0.15, -0.1) is 0 Å². The van der Waals surface area contributed by atoms with Gasteiger partial charge in [0.15, 0.2) is 18.7 Å². The van der Waals surface area contributed by atoms with E-state index in [1.165, 1.54) is 0 Å². The molecule has 3 saturated heterocycles. The zero-order valence-corrected chi connectivity index (χ0v) is 33.1. The van der Waals surface area contributed by atoms with Crippen molar-refractivity contribution >= 4 is 12.3 Å². The summed E-state index contributed by atoms with van der Waals surface area (Å²) in [5, 5.41) is 74.6. The molecule has 3 heterocycles. The molecule has 5 aliphatic carbocycles. The Morgan fingerprint density at radius 1 is 0.745 bits per heavy atom. The van der Waals surface area contributed by atoms with Crippen molar-refractivity contribution in [3.05, 3.63) is 0 Å². The van der Waals surface area contributed by atoms with Crippen molar-refractivity contribution in [3.63, 3.8) is 0 Å². The fraction of sp³-hybridized carbons (Fsp3) is 0.951. The van der Waals surface area contributed by atoms with Gasteiger partial charge in [-0.1, -0.05) is 41.5 Å². The molecule has 3 aliphatic heterocycles. The van der Waals surface area contributed by atoms with E-state index in [-0.39, 0.29) is 46.2 Å². The van der Waals surface area contributed by atoms with Crippen molar-refractivity contribution in [2.75, 3.05) is 13.2 Å². The molecule has 5 saturated carbocycles. The summed E-state index contributed by atoms with van der Waals surface area (Å²) >= 11 is 0. The van der Waals surface area contributed by atoms with Crippen molar-refractivity contribution in [2.45, 2.75) is 179 Å². The molecular weight excluding hydrogens is 716 g/mol. The number of aliphatic hydroxyl groups excluding tert-OH is 6. The van der Waals surface area contributed by atoms with Gasteiger partial charge in [-0.3, -0.25) is 0 Å². The monoisotopic (exact) mass is 780 g/mol. The normalized spacial score (nSPS) is 58.4. The second-order valence-electron chi connectivity index (χ2n) is 20.7. The summed E-state index contributed by atoms with van der Waals surface area (Å²) in [4.78, 5) is 24.2. The smallest absolute Gasteiger partial charge is 0.335 e. The number of rotatable bonds is 6. The highest BCUT2D eigenvalue weighted by atomic mass is 16.8. The van der Waals surface area contributed by atoms with Gasteiger partial charge in [-0.2, -0.15) is 0 Å². The first-order valence-electron chi connectivity index (χ1n) is 20.6. The number of carboxylic acids is 1. The van der Waals surface area contributed by atoms with Crippen molar-refractivity contribution in [2.24, 2.45) is 50.2 Å². The SMILES string of the molecule is CC1(C)C2CC[C@]3(C)C(CC[C@]45OC[C@@]6(CC[C@](C)(C=O)CC64)[C@H](O)C[C@]53C)[C@@]2(C)CC[C@@H]1O[C@@H]1OC[C@@H](O)[C@H](O)[C@H]1O[C@@H]1O[C@H](C(=O)O)[C@@H](O)[C@H](O)[C@H]1O. The third kappa shape index (κ3) is 5.38. The quantitative estimate of drug-likeness (QED) is 0.151. The van der Waals surface area contributed by atoms with Gasteiger partial charge in [0.05, 0.1) is 31.0 Å². The summed E-state index contributed by atoms with van der Waals surface area (Å²) < 4.78 is 31.0. The van der Waals surface area contributed by atoms with Crippen LogP contribution in [0, 0.1) is 50.2 Å². The number of fused-ring (bicyclic) bond motifs is 4. The van der Waals surface area contributed by atoms with Crippen LogP contribution in [0.15, 0.2) is 0 Å². The Morgan fingerprint density at radius 3 is 2.15 bits per heavy atom. The highest BCUT2D eigenvalue weighted by Crippen LogP contribution is 2.80. The Labute approximate surface area is 323 Å². The number of aliphatic carboxylic acids is 1. The van der Waals surface area contributed by atoms with Crippen LogP contribution in [0.5, 0.6) is 0 Å². The van der Waals surface area contributed by atoms with E-state index in [1.54, 1.807) is 0 Å². The second kappa shape index (κ2) is 13.1. The number of aliphatic hydroxyl groups is 6. The molecule has 0 amide bonds. The molecule has 0 radical (unpaired) electrons. The summed E-state index contributed by atoms with van der Waals surface area (Å²) in [5.74, 6) is -0.872. The van der Waals surface area contributed by atoms with E-state index >= 15 is 0 Å². The van der Waals surface area contributed by atoms with Crippen molar-refractivity contribution in [1.82, 2.24) is 0 Å². The van der Waals surface area contributed by atoms with Gasteiger partial charge >= 0.3 is 5.97 Å². The molecular formula is C41H64O14. The van der Waals surface area contributed by atoms with Crippen LogP contribution in [-0.2, 0) is 33.3 Å². The van der Waals surface area contributed by atoms with Crippen molar-refractivity contribution < 1.29 is 69.0 Å². The lowest BCUT2D eigenvalue weighted by Gasteiger charge is -2.75. The molecule has 0 aromatic carbocycles. The van der Waals surface area contributed by atoms with Gasteiger partial charge in [0.2, 0.25) is 0 Å². The van der Waals surface area contributed by atoms with Crippen LogP contribution in [0.2, 0.25) is 0 Å². The van der Waals surface area contributed by atoms with E-state index in [2.05, 4.69) is 41.5 Å². The summed E-state index contributed by atoms with van der Waals surface area (Å²) in [6, 6.07) is 0. The molecule has 0 aromatic heterocycles. The molecule has 14 heteroatoms. The Balaban J connectivity index is 1.04. The number of ether oxygens (including phenoxy) is 5. The molecule has 7 N–H and O–H groups in total. The number of carbonyl (C=O) groups excluding carboxylic acids is 1. The first-order chi connectivity index (χ1) is 25.6. The van der Waals surface area contributed by atoms with E-state index in [0.717, 1.165) is 57.7 Å². The lowest BCUT2D eigenvalue weighted by atomic mass is 9.30. The molecule has 8 aliphatic rings. The lowest BCUT2D eigenvalue weighted by Crippen LogP contribution is -2.74. The van der Waals surface area contributed by atoms with Gasteiger partial charge < -0.3 is 64.2 Å². The maximum Gasteiger partial charge on any atom is 0.335 e. The molecule has 2 bridgehead atoms. The topological polar surface area (TPSA) is 222 Å². The van der Waals surface area contributed by atoms with Crippen LogP contribution in [0.3, 0.4) is 0 Å². The molecule has 312 valence electrons. The second-order valence-corrected chi connectivity index (χ2v) is 20.7. The summed E-state index contributed by atoms with van der Waals surface area (Å²) in [6.07, 6.45) is -6.34. The van der Waals surface area contributed by atoms with Crippen LogP contribution < -0.4 is 0 Å². The molecule has 14 nitrogen and oxygen atoms in total. The van der Waals surface area contributed by atoms with E-state index in [1.807, 2.05) is 0 Å². The zero-order chi connectivity index (χ0) is 39.9. The average molecular weight is 781 g/mol. The molecule has 55 heavy (non-hydrogen) atoms. The summed E-state index contributed by atoms with van der Waals surface area (Å²) in [7, 11) is 0. The van der Waals surface area contributed by atoms with E-state index < -0.39 is 83.8 Å². The number of hydrogen-bond acceptors (Lipinski definition) is 13. The zero-order valence-electron chi connectivity index (χ0n) is 33.1. The van der Waals surface area contributed by atoms with E-state index in [4.69, 9.17) is 23.7 Å². The summed E-state index contributed by atoms with van der Waals surface area (Å²) in [6.45, 7) is 14.1. The van der Waals surface area contributed by atoms with Crippen LogP contribution in [0.25, 0.3) is 0 Å². The molecule has 1 spiro atoms. The maximum atomic E-state index is 12.4. The first kappa shape index (κ1) is 40.5. The molecule has 8 fully saturated rings. The van der Waals surface area contributed by atoms with Gasteiger partial charge in [-0.25, -0.2) is 4.79 Å². The highest BCUT2D eigenvalue weighted by molar-refractivity contribution is 5.73. The third-order valence-electron chi connectivity index (χ3n) is 18.1. The number of aldehydes is 1. The van der Waals surface area contributed by atoms with Gasteiger partial charge in [0.25, 0.3) is 0 Å². The fourth-order valence-electron chi connectivity index (χ4n) is 14.7. The third-order valence-corrected chi connectivity index (χ3v) is 18.1. The minimum absolute atomic E-state index is 0.0785. The Morgan fingerprint density at radius 2 is 1.45 bits per heavy atom. The van der Waals surface area contributed by atoms with Gasteiger partial charge in [0, 0.05) is 16.2 Å². The average Bonchev–Trinajstić information content (AvgIpc) is 3.41. The van der Waals surface area contributed by atoms with Crippen LogP contribution in [-0.4, -0.2) is 134 Å². The highest BCUT2D eigenvalue weighted by Gasteiger charge is 2.80. The Bertz CT molecular complexity index is 1530. The lowest BCUT2D eigenvalue weighted by molar-refractivity contribution is -0.364. The van der Waals surface area contributed by atoms with Crippen molar-refractivity contribution in [1.29, 1.82) is 0 Å². The molecule has 0 aromatic rings. The number of carbonyl (C=O) groups is 2. The van der Waals surface area contributed by atoms with E-state index in [9.17, 15) is 45.3 Å². The van der Waals surface area contributed by atoms with Gasteiger partial charge in [-0.05, 0) is 98.2 Å². The predicted molar refractivity (Wildman–Crippen MR) is 192 cm³/mol. The Hall–Kier alpha value is -1.30. The number of carboxylic acid groups (broad SMARTS) is 1. The van der Waals surface area contributed by atoms with Crippen LogP contribution in [0.1, 0.15) is 106 Å². The van der Waals surface area contributed by atoms with Crippen LogP contribution in [0.4, 0.5) is 0 Å². The van der Waals surface area contributed by atoms with E-state index in [0.29, 0.717) is 25.4 Å². The number of hydrogen-bond donors (Lipinski definition) is 7. The maximum absolute atomic E-state index is 12.4. The minimum atomic E-state index is -1.92.